The Labute approximate surface area is 154 Å². The van der Waals surface area contributed by atoms with Gasteiger partial charge in [-0.15, -0.1) is 12.4 Å². The molecule has 136 valence electrons. The van der Waals surface area contributed by atoms with E-state index >= 15 is 0 Å². The van der Waals surface area contributed by atoms with Gasteiger partial charge in [0.2, 0.25) is 0 Å². The number of piperidine rings is 1. The Morgan fingerprint density at radius 2 is 2.00 bits per heavy atom. The summed E-state index contributed by atoms with van der Waals surface area (Å²) in [6.07, 6.45) is 5.16. The lowest BCUT2D eigenvalue weighted by molar-refractivity contribution is -0.146. The largest absolute Gasteiger partial charge is 0.368 e. The third-order valence-electron chi connectivity index (χ3n) is 4.54. The molecule has 1 aliphatic heterocycles. The number of nitrogens with zero attached hydrogens (tertiary/aromatic N) is 2. The highest BCUT2D eigenvalue weighted by molar-refractivity contribution is 5.85. The van der Waals surface area contributed by atoms with Crippen molar-refractivity contribution in [1.82, 2.24) is 20.4 Å². The Kier molecular flexibility index (Phi) is 6.99. The second-order valence-electron chi connectivity index (χ2n) is 6.16. The van der Waals surface area contributed by atoms with Crippen molar-refractivity contribution in [2.45, 2.75) is 31.5 Å². The Hall–Kier alpha value is -1.89. The molecule has 2 heterocycles. The minimum absolute atomic E-state index is 0. The molecule has 0 spiro atoms. The summed E-state index contributed by atoms with van der Waals surface area (Å²) in [4.78, 5) is 12.5. The van der Waals surface area contributed by atoms with Crippen LogP contribution in [0.25, 0.3) is 0 Å². The van der Waals surface area contributed by atoms with Gasteiger partial charge in [-0.05, 0) is 31.5 Å². The van der Waals surface area contributed by atoms with Crippen LogP contribution in [-0.4, -0.2) is 41.5 Å². The van der Waals surface area contributed by atoms with Crippen LogP contribution in [0.3, 0.4) is 0 Å². The number of halogens is 1. The number of hydrogen-bond donors (Lipinski definition) is 2. The Balaban J connectivity index is 0.00000225. The molecule has 0 unspecified atom stereocenters. The second kappa shape index (κ2) is 8.99. The minimum Gasteiger partial charge on any atom is -0.368 e. The predicted octanol–water partition coefficient (Wildman–Crippen LogP) is 1.74. The van der Waals surface area contributed by atoms with Gasteiger partial charge in [0.05, 0.1) is 12.7 Å². The number of amides is 1. The zero-order valence-corrected chi connectivity index (χ0v) is 15.2. The number of hydrogen-bond acceptors (Lipinski definition) is 4. The van der Waals surface area contributed by atoms with Crippen LogP contribution >= 0.6 is 12.4 Å². The molecule has 0 aliphatic carbocycles. The van der Waals surface area contributed by atoms with Crippen LogP contribution in [0.5, 0.6) is 0 Å². The minimum atomic E-state index is -0.703. The maximum Gasteiger partial charge on any atom is 0.252 e. The van der Waals surface area contributed by atoms with Crippen molar-refractivity contribution in [3.8, 4) is 0 Å². The predicted molar refractivity (Wildman–Crippen MR) is 98.7 cm³/mol. The molecule has 1 fully saturated rings. The van der Waals surface area contributed by atoms with E-state index < -0.39 is 5.60 Å². The van der Waals surface area contributed by atoms with Gasteiger partial charge in [0.15, 0.2) is 0 Å². The molecule has 1 aliphatic rings. The maximum atomic E-state index is 12.5. The number of benzene rings is 1. The molecular formula is C18H25ClN4O2. The summed E-state index contributed by atoms with van der Waals surface area (Å²) >= 11 is 0. The van der Waals surface area contributed by atoms with Crippen LogP contribution in [0.15, 0.2) is 42.7 Å². The van der Waals surface area contributed by atoms with Crippen molar-refractivity contribution in [3.63, 3.8) is 0 Å². The van der Waals surface area contributed by atoms with E-state index in [1.165, 1.54) is 5.56 Å². The van der Waals surface area contributed by atoms with Gasteiger partial charge in [-0.2, -0.15) is 5.10 Å². The summed E-state index contributed by atoms with van der Waals surface area (Å²) < 4.78 is 7.42. The molecule has 0 bridgehead atoms. The first-order chi connectivity index (χ1) is 11.7. The van der Waals surface area contributed by atoms with Crippen LogP contribution < -0.4 is 10.6 Å². The quantitative estimate of drug-likeness (QED) is 0.819. The zero-order chi connectivity index (χ0) is 16.8. The van der Waals surface area contributed by atoms with E-state index in [9.17, 15) is 4.79 Å². The van der Waals surface area contributed by atoms with Crippen molar-refractivity contribution in [3.05, 3.63) is 53.9 Å². The summed E-state index contributed by atoms with van der Waals surface area (Å²) in [5.41, 5.74) is 1.48. The SMILES string of the molecule is COC1(C(=O)NCc2cnn(Cc3ccccc3)c2)CCNCC1.Cl. The maximum absolute atomic E-state index is 12.5. The fourth-order valence-electron chi connectivity index (χ4n) is 3.05. The summed E-state index contributed by atoms with van der Waals surface area (Å²) in [6, 6.07) is 10.2. The van der Waals surface area contributed by atoms with Gasteiger partial charge in [-0.1, -0.05) is 30.3 Å². The normalized spacial score (nSPS) is 16.0. The molecule has 2 N–H and O–H groups in total. The van der Waals surface area contributed by atoms with Crippen LogP contribution in [0, 0.1) is 0 Å². The number of nitrogens with one attached hydrogen (secondary N) is 2. The van der Waals surface area contributed by atoms with Crippen LogP contribution in [0.1, 0.15) is 24.0 Å². The first kappa shape index (κ1) is 19.4. The monoisotopic (exact) mass is 364 g/mol. The van der Waals surface area contributed by atoms with Gasteiger partial charge >= 0.3 is 0 Å². The fraction of sp³-hybridized carbons (Fsp3) is 0.444. The van der Waals surface area contributed by atoms with Crippen molar-refractivity contribution in [2.24, 2.45) is 0 Å². The van der Waals surface area contributed by atoms with Crippen molar-refractivity contribution < 1.29 is 9.53 Å². The number of carbonyl (C=O) groups is 1. The number of carbonyl (C=O) groups excluding carboxylic acids is 1. The van der Waals surface area contributed by atoms with E-state index in [0.29, 0.717) is 19.4 Å². The Morgan fingerprint density at radius 3 is 2.68 bits per heavy atom. The number of aromatic nitrogens is 2. The van der Waals surface area contributed by atoms with E-state index in [1.807, 2.05) is 29.1 Å². The van der Waals surface area contributed by atoms with Crippen molar-refractivity contribution in [2.75, 3.05) is 20.2 Å². The van der Waals surface area contributed by atoms with Gasteiger partial charge in [-0.25, -0.2) is 0 Å². The van der Waals surface area contributed by atoms with E-state index in [1.54, 1.807) is 13.3 Å². The average molecular weight is 365 g/mol. The molecule has 3 rings (SSSR count). The lowest BCUT2D eigenvalue weighted by atomic mass is 9.91. The molecule has 0 radical (unpaired) electrons. The molecule has 25 heavy (non-hydrogen) atoms. The van der Waals surface area contributed by atoms with Gasteiger partial charge in [-0.3, -0.25) is 9.48 Å². The Morgan fingerprint density at radius 1 is 1.28 bits per heavy atom. The Bertz CT molecular complexity index is 669. The summed E-state index contributed by atoms with van der Waals surface area (Å²) in [7, 11) is 1.61. The van der Waals surface area contributed by atoms with Gasteiger partial charge in [0, 0.05) is 25.4 Å². The van der Waals surface area contributed by atoms with Crippen molar-refractivity contribution in [1.29, 1.82) is 0 Å². The fourth-order valence-corrected chi connectivity index (χ4v) is 3.05. The molecule has 7 heteroatoms. The van der Waals surface area contributed by atoms with Gasteiger partial charge in [0.1, 0.15) is 5.60 Å². The number of rotatable bonds is 6. The van der Waals surface area contributed by atoms with Crippen molar-refractivity contribution >= 4 is 18.3 Å². The van der Waals surface area contributed by atoms with Crippen LogP contribution in [-0.2, 0) is 22.6 Å². The first-order valence-electron chi connectivity index (χ1n) is 8.31. The van der Waals surface area contributed by atoms with Crippen LogP contribution in [0.2, 0.25) is 0 Å². The zero-order valence-electron chi connectivity index (χ0n) is 14.4. The van der Waals surface area contributed by atoms with Gasteiger partial charge in [0.25, 0.3) is 5.91 Å². The number of methoxy groups -OCH3 is 1. The number of ether oxygens (including phenoxy) is 1. The topological polar surface area (TPSA) is 68.2 Å². The lowest BCUT2D eigenvalue weighted by Crippen LogP contribution is -2.53. The van der Waals surface area contributed by atoms with E-state index in [0.717, 1.165) is 25.2 Å². The molecule has 6 nitrogen and oxygen atoms in total. The smallest absolute Gasteiger partial charge is 0.252 e. The molecule has 0 saturated carbocycles. The van der Waals surface area contributed by atoms with E-state index in [2.05, 4.69) is 27.9 Å². The second-order valence-corrected chi connectivity index (χ2v) is 6.16. The molecular weight excluding hydrogens is 340 g/mol. The highest BCUT2D eigenvalue weighted by Gasteiger charge is 2.39. The lowest BCUT2D eigenvalue weighted by Gasteiger charge is -2.34. The van der Waals surface area contributed by atoms with E-state index in [4.69, 9.17) is 4.74 Å². The summed E-state index contributed by atoms with van der Waals surface area (Å²) in [6.45, 7) is 2.79. The molecule has 1 aromatic carbocycles. The average Bonchev–Trinajstić information content (AvgIpc) is 3.08. The molecule has 1 amide bonds. The third-order valence-corrected chi connectivity index (χ3v) is 4.54. The summed E-state index contributed by atoms with van der Waals surface area (Å²) in [5.74, 6) is -0.0395. The first-order valence-corrected chi connectivity index (χ1v) is 8.31. The van der Waals surface area contributed by atoms with E-state index in [-0.39, 0.29) is 18.3 Å². The highest BCUT2D eigenvalue weighted by Crippen LogP contribution is 2.22. The standard InChI is InChI=1S/C18H24N4O2.ClH/c1-24-18(7-9-19-10-8-18)17(23)20-11-16-12-21-22(14-16)13-15-5-3-2-4-6-15;/h2-6,12,14,19H,7-11,13H2,1H3,(H,20,23);1H. The highest BCUT2D eigenvalue weighted by atomic mass is 35.5. The molecule has 2 aromatic rings. The van der Waals surface area contributed by atoms with Crippen LogP contribution in [0.4, 0.5) is 0 Å². The molecule has 1 saturated heterocycles. The molecule has 0 atom stereocenters. The molecule has 1 aromatic heterocycles. The summed E-state index contributed by atoms with van der Waals surface area (Å²) in [5, 5.41) is 10.6. The van der Waals surface area contributed by atoms with Gasteiger partial charge < -0.3 is 15.4 Å². The third kappa shape index (κ3) is 4.81.